The monoisotopic (exact) mass is 345 g/mol. The Morgan fingerprint density at radius 2 is 1.88 bits per heavy atom. The molecule has 0 aliphatic rings. The summed E-state index contributed by atoms with van der Waals surface area (Å²) >= 11 is 0. The quantitative estimate of drug-likeness (QED) is 0.663. The lowest BCUT2D eigenvalue weighted by Gasteiger charge is -2.19. The third-order valence-corrected chi connectivity index (χ3v) is 3.99. The molecule has 0 bridgehead atoms. The predicted molar refractivity (Wildman–Crippen MR) is 101 cm³/mol. The van der Waals surface area contributed by atoms with Crippen LogP contribution in [-0.2, 0) is 5.41 Å². The summed E-state index contributed by atoms with van der Waals surface area (Å²) in [6.07, 6.45) is 4.30. The predicted octanol–water partition coefficient (Wildman–Crippen LogP) is 4.32. The Morgan fingerprint density at radius 1 is 1.15 bits per heavy atom. The zero-order chi connectivity index (χ0) is 18.7. The summed E-state index contributed by atoms with van der Waals surface area (Å²) in [5.74, 6) is 0.757. The van der Waals surface area contributed by atoms with E-state index in [1.807, 2.05) is 30.3 Å². The van der Waals surface area contributed by atoms with Gasteiger partial charge in [0.25, 0.3) is 5.56 Å². The Morgan fingerprint density at radius 3 is 2.54 bits per heavy atom. The summed E-state index contributed by atoms with van der Waals surface area (Å²) in [4.78, 5) is 17.1. The first-order valence-corrected chi connectivity index (χ1v) is 8.26. The van der Waals surface area contributed by atoms with Crippen molar-refractivity contribution in [3.8, 4) is 17.7 Å². The molecule has 0 radical (unpaired) electrons. The molecule has 0 spiro atoms. The second kappa shape index (κ2) is 6.85. The van der Waals surface area contributed by atoms with E-state index in [0.717, 1.165) is 0 Å². The number of nitriles is 1. The van der Waals surface area contributed by atoms with E-state index in [4.69, 9.17) is 10.00 Å². The molecule has 0 amide bonds. The van der Waals surface area contributed by atoms with Gasteiger partial charge in [0, 0.05) is 12.3 Å². The highest BCUT2D eigenvalue weighted by Gasteiger charge is 2.15. The third kappa shape index (κ3) is 3.50. The molecule has 0 saturated carbocycles. The van der Waals surface area contributed by atoms with Crippen LogP contribution in [0.25, 0.3) is 11.7 Å². The summed E-state index contributed by atoms with van der Waals surface area (Å²) in [5.41, 5.74) is 1.65. The van der Waals surface area contributed by atoms with E-state index < -0.39 is 0 Å². The first-order valence-electron chi connectivity index (χ1n) is 8.26. The topological polar surface area (TPSA) is 67.4 Å². The van der Waals surface area contributed by atoms with Gasteiger partial charge in [0.2, 0.25) is 5.88 Å². The van der Waals surface area contributed by atoms with Crippen molar-refractivity contribution in [2.75, 3.05) is 0 Å². The fourth-order valence-electron chi connectivity index (χ4n) is 2.56. The Kier molecular flexibility index (Phi) is 4.59. The number of fused-ring (bicyclic) bond motifs is 1. The van der Waals surface area contributed by atoms with Crippen LogP contribution in [0.2, 0.25) is 0 Å². The fourth-order valence-corrected chi connectivity index (χ4v) is 2.56. The third-order valence-electron chi connectivity index (χ3n) is 3.99. The van der Waals surface area contributed by atoms with Gasteiger partial charge in [-0.25, -0.2) is 0 Å². The van der Waals surface area contributed by atoms with E-state index in [9.17, 15) is 4.79 Å². The van der Waals surface area contributed by atoms with Gasteiger partial charge in [-0.15, -0.1) is 0 Å². The van der Waals surface area contributed by atoms with E-state index in [2.05, 4.69) is 25.8 Å². The Bertz CT molecular complexity index is 1070. The van der Waals surface area contributed by atoms with Crippen molar-refractivity contribution < 1.29 is 4.74 Å². The molecule has 0 unspecified atom stereocenters. The average molecular weight is 345 g/mol. The molecule has 0 atom stereocenters. The van der Waals surface area contributed by atoms with Gasteiger partial charge in [0.1, 0.15) is 17.0 Å². The smallest absolute Gasteiger partial charge is 0.269 e. The number of rotatable bonds is 3. The molecule has 1 aromatic carbocycles. The molecule has 0 N–H and O–H groups in total. The summed E-state index contributed by atoms with van der Waals surface area (Å²) in [6, 6.07) is 14.9. The van der Waals surface area contributed by atoms with E-state index in [-0.39, 0.29) is 22.4 Å². The Hall–Kier alpha value is -3.39. The molecule has 2 heterocycles. The Balaban J connectivity index is 2.08. The van der Waals surface area contributed by atoms with E-state index >= 15 is 0 Å². The molecule has 26 heavy (non-hydrogen) atoms. The molecule has 2 aromatic heterocycles. The normalized spacial score (nSPS) is 11.6. The number of ether oxygens (including phenoxy) is 1. The number of allylic oxidation sites excluding steroid dienone is 1. The lowest BCUT2D eigenvalue weighted by molar-refractivity contribution is 0.460. The number of nitrogens with zero attached hydrogens (tertiary/aromatic N) is 3. The highest BCUT2D eigenvalue weighted by molar-refractivity contribution is 5.59. The summed E-state index contributed by atoms with van der Waals surface area (Å²) < 4.78 is 7.30. The van der Waals surface area contributed by atoms with Gasteiger partial charge in [-0.05, 0) is 41.3 Å². The van der Waals surface area contributed by atoms with Crippen LogP contribution in [0.4, 0.5) is 0 Å². The van der Waals surface area contributed by atoms with Crippen LogP contribution >= 0.6 is 0 Å². The van der Waals surface area contributed by atoms with Crippen LogP contribution < -0.4 is 10.3 Å². The summed E-state index contributed by atoms with van der Waals surface area (Å²) in [7, 11) is 0. The second-order valence-corrected chi connectivity index (χ2v) is 6.90. The highest BCUT2D eigenvalue weighted by Crippen LogP contribution is 2.27. The van der Waals surface area contributed by atoms with Crippen LogP contribution in [-0.4, -0.2) is 9.38 Å². The minimum atomic E-state index is -0.289. The molecule has 130 valence electrons. The zero-order valence-electron chi connectivity index (χ0n) is 14.9. The summed E-state index contributed by atoms with van der Waals surface area (Å²) in [5, 5.41) is 8.81. The standard InChI is InChI=1S/C21H19N3O2/c1-21(2,3)15-9-11-16(12-10-15)26-19-17(7-6-13-22)20(25)24-14-5-4-8-18(24)23-19/h4-12,14H,1-3H3. The van der Waals surface area contributed by atoms with Crippen molar-refractivity contribution in [1.82, 2.24) is 9.38 Å². The summed E-state index contributed by atoms with van der Waals surface area (Å²) in [6.45, 7) is 6.42. The molecule has 5 nitrogen and oxygen atoms in total. The van der Waals surface area contributed by atoms with Gasteiger partial charge in [-0.1, -0.05) is 39.0 Å². The number of hydrogen-bond acceptors (Lipinski definition) is 4. The van der Waals surface area contributed by atoms with Crippen molar-refractivity contribution >= 4 is 11.7 Å². The maximum absolute atomic E-state index is 12.7. The van der Waals surface area contributed by atoms with Crippen molar-refractivity contribution in [1.29, 1.82) is 5.26 Å². The van der Waals surface area contributed by atoms with E-state index in [0.29, 0.717) is 11.4 Å². The van der Waals surface area contributed by atoms with Crippen molar-refractivity contribution in [3.63, 3.8) is 0 Å². The zero-order valence-corrected chi connectivity index (χ0v) is 14.9. The molecule has 3 rings (SSSR count). The molecule has 0 aliphatic carbocycles. The fraction of sp³-hybridized carbons (Fsp3) is 0.190. The van der Waals surface area contributed by atoms with Crippen LogP contribution in [0.3, 0.4) is 0 Å². The number of benzene rings is 1. The first kappa shape index (κ1) is 17.4. The Labute approximate surface area is 151 Å². The molecule has 0 fully saturated rings. The molecular weight excluding hydrogens is 326 g/mol. The van der Waals surface area contributed by atoms with Crippen molar-refractivity contribution in [2.24, 2.45) is 0 Å². The first-order chi connectivity index (χ1) is 12.4. The minimum absolute atomic E-state index is 0.0409. The lowest BCUT2D eigenvalue weighted by atomic mass is 9.87. The van der Waals surface area contributed by atoms with Crippen molar-refractivity contribution in [2.45, 2.75) is 26.2 Å². The minimum Gasteiger partial charge on any atom is -0.438 e. The molecule has 0 saturated heterocycles. The van der Waals surface area contributed by atoms with E-state index in [1.165, 1.54) is 22.1 Å². The van der Waals surface area contributed by atoms with Gasteiger partial charge in [-0.2, -0.15) is 10.2 Å². The van der Waals surface area contributed by atoms with E-state index in [1.54, 1.807) is 24.4 Å². The van der Waals surface area contributed by atoms with Crippen LogP contribution in [0.5, 0.6) is 11.6 Å². The maximum atomic E-state index is 12.7. The maximum Gasteiger partial charge on any atom is 0.269 e. The number of pyridine rings is 1. The van der Waals surface area contributed by atoms with Crippen molar-refractivity contribution in [3.05, 3.63) is 76.2 Å². The van der Waals surface area contributed by atoms with Crippen LogP contribution in [0, 0.1) is 11.3 Å². The van der Waals surface area contributed by atoms with Gasteiger partial charge in [0.05, 0.1) is 6.07 Å². The molecule has 5 heteroatoms. The highest BCUT2D eigenvalue weighted by atomic mass is 16.5. The second-order valence-electron chi connectivity index (χ2n) is 6.90. The van der Waals surface area contributed by atoms with Gasteiger partial charge in [0.15, 0.2) is 0 Å². The van der Waals surface area contributed by atoms with Gasteiger partial charge >= 0.3 is 0 Å². The molecular formula is C21H19N3O2. The average Bonchev–Trinajstić information content (AvgIpc) is 2.61. The molecule has 3 aromatic rings. The molecule has 0 aliphatic heterocycles. The largest absolute Gasteiger partial charge is 0.438 e. The lowest BCUT2D eigenvalue weighted by Crippen LogP contribution is -2.18. The van der Waals surface area contributed by atoms with Gasteiger partial charge < -0.3 is 4.74 Å². The van der Waals surface area contributed by atoms with Gasteiger partial charge in [-0.3, -0.25) is 9.20 Å². The van der Waals surface area contributed by atoms with Crippen LogP contribution in [0.1, 0.15) is 31.9 Å². The SMILES string of the molecule is CC(C)(C)c1ccc(Oc2nc3ccccn3c(=O)c2C=CC#N)cc1. The number of aromatic nitrogens is 2. The number of hydrogen-bond donors (Lipinski definition) is 0. The van der Waals surface area contributed by atoms with Crippen LogP contribution in [0.15, 0.2) is 59.5 Å².